The van der Waals surface area contributed by atoms with E-state index in [4.69, 9.17) is 29.9 Å². The van der Waals surface area contributed by atoms with Gasteiger partial charge in [-0.3, -0.25) is 18.1 Å². The van der Waals surface area contributed by atoms with Crippen LogP contribution in [0, 0.1) is 17.5 Å². The van der Waals surface area contributed by atoms with E-state index in [1.54, 1.807) is 55.0 Å². The standard InChI is InChI=1S/C26H23FN6.C24H25FN6.C24H27FN6/c1-32(2)17-18-13-15-33-23(16-18)31-24(19-8-10-20(27)11-9-19)25(33)22-12-14-28-26(30-22)29-21-6-4-3-5-7-21;1-16(2)27-24-26-10-8-20(28-24)23-22(18-4-6-19(25)7-5-18)29-21-14-17(9-13-31(21)23)15-30-11-3-12-30;1-15(2)27-14-17-10-12-31-21(13-17)30-22(18-5-7-19(25)8-6-18)23(31)20-9-11-26-24(29-20)28-16(3)4/h3-16H,17H2,1-2H3,(H,28,29,30);4-10,13-14,16H,3,11-12,15H2,1-2H3,(H,26,27,28);5-13,15-16,27H,14H2,1-4H3,(H,26,28,29). The van der Waals surface area contributed by atoms with Crippen molar-refractivity contribution in [2.75, 3.05) is 43.1 Å². The molecular formula is C74H75F3N18. The smallest absolute Gasteiger partial charge is 0.227 e. The molecular weight excluding hydrogens is 1200 g/mol. The number of imidazole rings is 3. The number of rotatable bonds is 19. The van der Waals surface area contributed by atoms with Gasteiger partial charge >= 0.3 is 0 Å². The Balaban J connectivity index is 0.000000137. The van der Waals surface area contributed by atoms with Gasteiger partial charge in [0.05, 0.1) is 51.2 Å². The van der Waals surface area contributed by atoms with Crippen LogP contribution in [0.3, 0.4) is 0 Å². The number of benzene rings is 4. The highest BCUT2D eigenvalue weighted by Gasteiger charge is 2.23. The molecule has 0 spiro atoms. The third-order valence-corrected chi connectivity index (χ3v) is 15.6. The molecule has 1 aliphatic heterocycles. The lowest BCUT2D eigenvalue weighted by Gasteiger charge is -2.30. The number of hydrogen-bond donors (Lipinski definition) is 4. The molecule has 482 valence electrons. The zero-order valence-electron chi connectivity index (χ0n) is 54.3. The minimum absolute atomic E-state index is 0.213. The van der Waals surface area contributed by atoms with E-state index in [0.29, 0.717) is 23.9 Å². The predicted octanol–water partition coefficient (Wildman–Crippen LogP) is 14.9. The zero-order valence-corrected chi connectivity index (χ0v) is 54.3. The summed E-state index contributed by atoms with van der Waals surface area (Å²) in [5.74, 6) is 0.793. The SMILES string of the molecule is CC(C)NCc1ccn2c(-c3ccnc(NC(C)C)n3)c(-c3ccc(F)cc3)nc2c1.CC(C)Nc1nccc(-c2c(-c3ccc(F)cc3)nc3cc(CN4CCC4)ccn23)n1.CN(C)Cc1ccn2c(-c3ccnc(Nc4ccccc4)n3)c(-c3ccc(F)cc3)nc2c1. The lowest BCUT2D eigenvalue weighted by Crippen LogP contribution is -2.36. The van der Waals surface area contributed by atoms with Crippen LogP contribution < -0.4 is 21.3 Å². The van der Waals surface area contributed by atoms with Crippen LogP contribution in [0.4, 0.5) is 36.7 Å². The van der Waals surface area contributed by atoms with Crippen LogP contribution in [-0.4, -0.2) is 113 Å². The molecule has 9 aromatic heterocycles. The Kier molecular flexibility index (Phi) is 19.7. The highest BCUT2D eigenvalue weighted by molar-refractivity contribution is 5.83. The Hall–Kier alpha value is -10.7. The average molecular weight is 1270 g/mol. The number of nitrogens with zero attached hydrogens (tertiary/aromatic N) is 14. The van der Waals surface area contributed by atoms with Gasteiger partial charge < -0.3 is 26.2 Å². The molecule has 14 rings (SSSR count). The van der Waals surface area contributed by atoms with Gasteiger partial charge in [0.2, 0.25) is 17.8 Å². The first-order valence-electron chi connectivity index (χ1n) is 31.8. The largest absolute Gasteiger partial charge is 0.352 e. The zero-order chi connectivity index (χ0) is 66.1. The van der Waals surface area contributed by atoms with Gasteiger partial charge in [-0.2, -0.15) is 0 Å². The molecule has 18 nitrogen and oxygen atoms in total. The number of pyridine rings is 3. The summed E-state index contributed by atoms with van der Waals surface area (Å²) in [7, 11) is 4.07. The second-order valence-electron chi connectivity index (χ2n) is 24.5. The molecule has 1 saturated heterocycles. The van der Waals surface area contributed by atoms with Crippen LogP contribution in [-0.2, 0) is 19.6 Å². The third kappa shape index (κ3) is 15.7. The summed E-state index contributed by atoms with van der Waals surface area (Å²) in [5.41, 5.74) is 16.4. The first kappa shape index (κ1) is 64.4. The van der Waals surface area contributed by atoms with Crippen molar-refractivity contribution in [3.8, 4) is 67.9 Å². The lowest BCUT2D eigenvalue weighted by atomic mass is 10.1. The number of halogens is 3. The molecule has 1 aliphatic rings. The van der Waals surface area contributed by atoms with Gasteiger partial charge in [0.1, 0.15) is 34.4 Å². The van der Waals surface area contributed by atoms with E-state index in [0.717, 1.165) is 134 Å². The number of anilines is 4. The monoisotopic (exact) mass is 1270 g/mol. The number of aromatic nitrogens is 12. The van der Waals surface area contributed by atoms with Crippen LogP contribution in [0.2, 0.25) is 0 Å². The highest BCUT2D eigenvalue weighted by atomic mass is 19.1. The van der Waals surface area contributed by atoms with E-state index in [-0.39, 0.29) is 29.5 Å². The summed E-state index contributed by atoms with van der Waals surface area (Å²) in [6, 6.07) is 48.0. The van der Waals surface area contributed by atoms with Crippen LogP contribution >= 0.6 is 0 Å². The molecule has 0 radical (unpaired) electrons. The molecule has 0 unspecified atom stereocenters. The van der Waals surface area contributed by atoms with E-state index in [2.05, 4.69) is 107 Å². The highest BCUT2D eigenvalue weighted by Crippen LogP contribution is 2.36. The van der Waals surface area contributed by atoms with Crippen LogP contribution in [0.5, 0.6) is 0 Å². The van der Waals surface area contributed by atoms with Crippen molar-refractivity contribution in [1.29, 1.82) is 0 Å². The molecule has 4 N–H and O–H groups in total. The predicted molar refractivity (Wildman–Crippen MR) is 371 cm³/mol. The van der Waals surface area contributed by atoms with Crippen molar-refractivity contribution in [2.45, 2.75) is 85.7 Å². The molecule has 0 amide bonds. The molecule has 13 aromatic rings. The summed E-state index contributed by atoms with van der Waals surface area (Å²) < 4.78 is 46.8. The van der Waals surface area contributed by atoms with Crippen LogP contribution in [0.25, 0.3) is 84.9 Å². The van der Waals surface area contributed by atoms with Crippen molar-refractivity contribution in [3.63, 3.8) is 0 Å². The average Bonchev–Trinajstić information content (AvgIpc) is 1.64. The van der Waals surface area contributed by atoms with Crippen molar-refractivity contribution in [2.24, 2.45) is 0 Å². The van der Waals surface area contributed by atoms with Crippen molar-refractivity contribution in [1.82, 2.24) is 73.2 Å². The van der Waals surface area contributed by atoms with Gasteiger partial charge in [-0.05, 0) is 218 Å². The topological polar surface area (TPSA) is 184 Å². The third-order valence-electron chi connectivity index (χ3n) is 15.6. The minimum Gasteiger partial charge on any atom is -0.352 e. The van der Waals surface area contributed by atoms with E-state index in [1.165, 1.54) is 48.4 Å². The van der Waals surface area contributed by atoms with E-state index < -0.39 is 0 Å². The summed E-state index contributed by atoms with van der Waals surface area (Å²) in [5, 5.41) is 13.2. The van der Waals surface area contributed by atoms with Gasteiger partial charge in [-0.1, -0.05) is 32.0 Å². The molecule has 0 aliphatic carbocycles. The molecule has 10 heterocycles. The molecule has 0 atom stereocenters. The normalized spacial score (nSPS) is 12.3. The molecule has 0 saturated carbocycles. The van der Waals surface area contributed by atoms with Crippen LogP contribution in [0.1, 0.15) is 64.7 Å². The Morgan fingerprint density at radius 3 is 1.25 bits per heavy atom. The maximum atomic E-state index is 13.6. The molecule has 21 heteroatoms. The van der Waals surface area contributed by atoms with Gasteiger partial charge in [0.15, 0.2) is 0 Å². The fraction of sp³-hybridized carbons (Fsp3) is 0.230. The number of hydrogen-bond acceptors (Lipinski definition) is 15. The Morgan fingerprint density at radius 1 is 0.442 bits per heavy atom. The first-order valence-corrected chi connectivity index (χ1v) is 31.8. The minimum atomic E-state index is -0.284. The summed E-state index contributed by atoms with van der Waals surface area (Å²) in [4.78, 5) is 46.6. The fourth-order valence-electron chi connectivity index (χ4n) is 11.1. The quantitative estimate of drug-likeness (QED) is 0.0599. The Morgan fingerprint density at radius 2 is 0.842 bits per heavy atom. The van der Waals surface area contributed by atoms with Gasteiger partial charge in [0, 0.05) is 97.3 Å². The van der Waals surface area contributed by atoms with Crippen molar-refractivity contribution >= 4 is 40.5 Å². The second kappa shape index (κ2) is 29.1. The number of nitrogens with one attached hydrogen (secondary N) is 4. The lowest BCUT2D eigenvalue weighted by molar-refractivity contribution is 0.172. The fourth-order valence-corrected chi connectivity index (χ4v) is 11.1. The van der Waals surface area contributed by atoms with Crippen molar-refractivity contribution in [3.05, 3.63) is 229 Å². The number of para-hydroxylation sites is 1. The molecule has 4 aromatic carbocycles. The molecule has 0 bridgehead atoms. The van der Waals surface area contributed by atoms with E-state index in [9.17, 15) is 13.2 Å². The summed E-state index contributed by atoms with van der Waals surface area (Å²) >= 11 is 0. The maximum Gasteiger partial charge on any atom is 0.227 e. The molecule has 95 heavy (non-hydrogen) atoms. The van der Waals surface area contributed by atoms with Crippen molar-refractivity contribution < 1.29 is 13.2 Å². The number of likely N-dealkylation sites (tertiary alicyclic amines) is 1. The molecule has 1 fully saturated rings. The maximum absolute atomic E-state index is 13.6. The van der Waals surface area contributed by atoms with E-state index >= 15 is 0 Å². The second-order valence-corrected chi connectivity index (χ2v) is 24.5. The Labute approximate surface area is 550 Å². The van der Waals surface area contributed by atoms with Gasteiger partial charge in [-0.25, -0.2) is 58.0 Å². The summed E-state index contributed by atoms with van der Waals surface area (Å²) in [6.07, 6.45) is 12.6. The summed E-state index contributed by atoms with van der Waals surface area (Å²) in [6.45, 7) is 17.2. The number of fused-ring (bicyclic) bond motifs is 3. The Bertz CT molecular complexity index is 4740. The first-order chi connectivity index (χ1) is 46.0. The van der Waals surface area contributed by atoms with Gasteiger partial charge in [-0.15, -0.1) is 0 Å². The van der Waals surface area contributed by atoms with Gasteiger partial charge in [0.25, 0.3) is 0 Å². The van der Waals surface area contributed by atoms with Crippen LogP contribution in [0.15, 0.2) is 195 Å². The van der Waals surface area contributed by atoms with E-state index in [1.807, 2.05) is 112 Å².